The summed E-state index contributed by atoms with van der Waals surface area (Å²) in [5.74, 6) is -0.330. The van der Waals surface area contributed by atoms with Crippen molar-refractivity contribution in [3.8, 4) is 0 Å². The van der Waals surface area contributed by atoms with E-state index in [1.165, 1.54) is 7.11 Å². The first-order valence-corrected chi connectivity index (χ1v) is 8.83. The highest BCUT2D eigenvalue weighted by molar-refractivity contribution is 7.91. The second kappa shape index (κ2) is 5.63. The van der Waals surface area contributed by atoms with Gasteiger partial charge in [-0.3, -0.25) is 0 Å². The fourth-order valence-corrected chi connectivity index (χ4v) is 3.63. The Kier molecular flexibility index (Phi) is 4.47. The van der Waals surface area contributed by atoms with E-state index in [0.717, 1.165) is 5.46 Å². The summed E-state index contributed by atoms with van der Waals surface area (Å²) in [5, 5.41) is 0. The fraction of sp³-hybridized carbons (Fsp3) is 0.600. The number of methoxy groups -OCH3 is 1. The minimum Gasteiger partial charge on any atom is -0.399 e. The number of sulfone groups is 1. The number of benzene rings is 1. The predicted molar refractivity (Wildman–Crippen MR) is 86.0 cm³/mol. The zero-order valence-corrected chi connectivity index (χ0v) is 14.8. The molecule has 0 bridgehead atoms. The highest BCUT2D eigenvalue weighted by atomic mass is 32.2. The van der Waals surface area contributed by atoms with Crippen LogP contribution in [0.1, 0.15) is 33.3 Å². The topological polar surface area (TPSA) is 61.8 Å². The fourth-order valence-electron chi connectivity index (χ4n) is 2.37. The molecule has 0 aromatic heterocycles. The molecule has 0 aliphatic carbocycles. The number of ether oxygens (including phenoxy) is 1. The summed E-state index contributed by atoms with van der Waals surface area (Å²) < 4.78 is 40.9. The van der Waals surface area contributed by atoms with E-state index >= 15 is 0 Å². The Hall–Kier alpha value is -0.885. The lowest BCUT2D eigenvalue weighted by atomic mass is 9.78. The van der Waals surface area contributed by atoms with E-state index in [0.29, 0.717) is 5.56 Å². The Morgan fingerprint density at radius 3 is 2.14 bits per heavy atom. The van der Waals surface area contributed by atoms with Gasteiger partial charge in [0.2, 0.25) is 9.84 Å². The molecule has 0 radical (unpaired) electrons. The monoisotopic (exact) mass is 326 g/mol. The molecule has 1 saturated heterocycles. The van der Waals surface area contributed by atoms with Gasteiger partial charge < -0.3 is 14.0 Å². The smallest absolute Gasteiger partial charge is 0.399 e. The van der Waals surface area contributed by atoms with Gasteiger partial charge >= 0.3 is 7.12 Å². The molecule has 22 heavy (non-hydrogen) atoms. The molecular formula is C15H23BO5S. The van der Waals surface area contributed by atoms with Crippen molar-refractivity contribution in [2.75, 3.05) is 13.0 Å². The average Bonchev–Trinajstić information content (AvgIpc) is 2.58. The van der Waals surface area contributed by atoms with Crippen molar-refractivity contribution >= 4 is 22.4 Å². The second-order valence-corrected chi connectivity index (χ2v) is 8.54. The normalized spacial score (nSPS) is 20.4. The molecule has 1 heterocycles. The summed E-state index contributed by atoms with van der Waals surface area (Å²) in [4.78, 5) is 0.273. The first-order valence-electron chi connectivity index (χ1n) is 7.18. The highest BCUT2D eigenvalue weighted by Gasteiger charge is 2.51. The molecule has 1 aromatic carbocycles. The summed E-state index contributed by atoms with van der Waals surface area (Å²) in [5.41, 5.74) is 0.621. The maximum absolute atomic E-state index is 12.1. The summed E-state index contributed by atoms with van der Waals surface area (Å²) in [6.07, 6.45) is 0. The molecule has 0 amide bonds. The SMILES string of the molecule is COCS(=O)(=O)c1ccc(B2OC(C)(C)C(C)(C)O2)cc1C. The van der Waals surface area contributed by atoms with Crippen LogP contribution in [0.25, 0.3) is 0 Å². The van der Waals surface area contributed by atoms with Crippen molar-refractivity contribution < 1.29 is 22.5 Å². The Bertz CT molecular complexity index is 651. The molecule has 5 nitrogen and oxygen atoms in total. The van der Waals surface area contributed by atoms with Crippen LogP contribution in [0.4, 0.5) is 0 Å². The summed E-state index contributed by atoms with van der Waals surface area (Å²) >= 11 is 0. The standard InChI is InChI=1S/C15H23BO5S/c1-11-9-12(7-8-13(11)22(17,18)10-19-6)16-20-14(2,3)15(4,5)21-16/h7-9H,10H2,1-6H3. The third kappa shape index (κ3) is 3.08. The molecule has 0 N–H and O–H groups in total. The predicted octanol–water partition coefficient (Wildman–Crippen LogP) is 1.67. The van der Waals surface area contributed by atoms with Crippen LogP contribution in [0.5, 0.6) is 0 Å². The molecule has 0 atom stereocenters. The average molecular weight is 326 g/mol. The highest BCUT2D eigenvalue weighted by Crippen LogP contribution is 2.36. The van der Waals surface area contributed by atoms with Crippen molar-refractivity contribution in [1.82, 2.24) is 0 Å². The van der Waals surface area contributed by atoms with Crippen molar-refractivity contribution in [2.45, 2.75) is 50.7 Å². The van der Waals surface area contributed by atoms with Gasteiger partial charge in [0.15, 0.2) is 5.94 Å². The van der Waals surface area contributed by atoms with Crippen LogP contribution in [0.15, 0.2) is 23.1 Å². The van der Waals surface area contributed by atoms with Gasteiger partial charge in [-0.1, -0.05) is 12.1 Å². The third-order valence-corrected chi connectivity index (χ3v) is 6.01. The molecule has 122 valence electrons. The molecule has 7 heteroatoms. The maximum atomic E-state index is 12.1. The summed E-state index contributed by atoms with van der Waals surface area (Å²) in [6, 6.07) is 5.12. The molecule has 1 fully saturated rings. The molecule has 2 rings (SSSR count). The molecule has 1 aromatic rings. The Labute approximate surface area is 133 Å². The second-order valence-electron chi connectivity index (χ2n) is 6.63. The first-order chi connectivity index (χ1) is 10.00. The van der Waals surface area contributed by atoms with Gasteiger partial charge in [-0.05, 0) is 51.7 Å². The molecule has 0 unspecified atom stereocenters. The zero-order chi connectivity index (χ0) is 16.8. The van der Waals surface area contributed by atoms with Gasteiger partial charge in [0.05, 0.1) is 16.1 Å². The van der Waals surface area contributed by atoms with Crippen LogP contribution in [-0.2, 0) is 23.9 Å². The maximum Gasteiger partial charge on any atom is 0.494 e. The van der Waals surface area contributed by atoms with Crippen molar-refractivity contribution in [3.63, 3.8) is 0 Å². The number of hydrogen-bond donors (Lipinski definition) is 0. The summed E-state index contributed by atoms with van der Waals surface area (Å²) in [6.45, 7) is 9.69. The molecule has 0 saturated carbocycles. The van der Waals surface area contributed by atoms with Crippen LogP contribution in [0.3, 0.4) is 0 Å². The van der Waals surface area contributed by atoms with Gasteiger partial charge in [0.25, 0.3) is 0 Å². The van der Waals surface area contributed by atoms with Gasteiger partial charge in [-0.15, -0.1) is 0 Å². The first kappa shape index (κ1) is 17.5. The lowest BCUT2D eigenvalue weighted by molar-refractivity contribution is 0.00578. The zero-order valence-electron chi connectivity index (χ0n) is 14.0. The van der Waals surface area contributed by atoms with E-state index in [1.807, 2.05) is 27.7 Å². The van der Waals surface area contributed by atoms with Gasteiger partial charge in [0, 0.05) is 7.11 Å². The third-order valence-electron chi connectivity index (χ3n) is 4.33. The molecular weight excluding hydrogens is 303 g/mol. The van der Waals surface area contributed by atoms with E-state index in [2.05, 4.69) is 0 Å². The number of rotatable bonds is 4. The van der Waals surface area contributed by atoms with Gasteiger partial charge in [-0.2, -0.15) is 0 Å². The van der Waals surface area contributed by atoms with Gasteiger partial charge in [-0.25, -0.2) is 8.42 Å². The minimum atomic E-state index is -3.43. The van der Waals surface area contributed by atoms with Crippen LogP contribution in [0, 0.1) is 6.92 Å². The van der Waals surface area contributed by atoms with Crippen LogP contribution < -0.4 is 5.46 Å². The minimum absolute atomic E-state index is 0.273. The molecule has 0 spiro atoms. The largest absolute Gasteiger partial charge is 0.494 e. The Morgan fingerprint density at radius 1 is 1.14 bits per heavy atom. The number of aryl methyl sites for hydroxylation is 1. The summed E-state index contributed by atoms with van der Waals surface area (Å²) in [7, 11) is -2.56. The number of hydrogen-bond acceptors (Lipinski definition) is 5. The van der Waals surface area contributed by atoms with Crippen LogP contribution >= 0.6 is 0 Å². The molecule has 1 aliphatic heterocycles. The van der Waals surface area contributed by atoms with Crippen molar-refractivity contribution in [1.29, 1.82) is 0 Å². The van der Waals surface area contributed by atoms with Crippen molar-refractivity contribution in [3.05, 3.63) is 23.8 Å². The Balaban J connectivity index is 2.32. The van der Waals surface area contributed by atoms with E-state index < -0.39 is 28.2 Å². The molecule has 1 aliphatic rings. The van der Waals surface area contributed by atoms with Crippen LogP contribution in [-0.4, -0.2) is 39.8 Å². The Morgan fingerprint density at radius 2 is 1.68 bits per heavy atom. The van der Waals surface area contributed by atoms with E-state index in [4.69, 9.17) is 14.0 Å². The quantitative estimate of drug-likeness (QED) is 0.788. The lowest BCUT2D eigenvalue weighted by Crippen LogP contribution is -2.41. The van der Waals surface area contributed by atoms with E-state index in [-0.39, 0.29) is 10.8 Å². The van der Waals surface area contributed by atoms with Crippen molar-refractivity contribution in [2.24, 2.45) is 0 Å². The van der Waals surface area contributed by atoms with Gasteiger partial charge in [0.1, 0.15) is 0 Å². The van der Waals surface area contributed by atoms with Crippen LogP contribution in [0.2, 0.25) is 0 Å². The van der Waals surface area contributed by atoms with E-state index in [1.54, 1.807) is 25.1 Å². The lowest BCUT2D eigenvalue weighted by Gasteiger charge is -2.32. The van der Waals surface area contributed by atoms with E-state index in [9.17, 15) is 8.42 Å².